The first kappa shape index (κ1) is 16.6. The van der Waals surface area contributed by atoms with Gasteiger partial charge in [-0.05, 0) is 61.8 Å². The van der Waals surface area contributed by atoms with E-state index in [4.69, 9.17) is 0 Å². The minimum absolute atomic E-state index is 0.127. The summed E-state index contributed by atoms with van der Waals surface area (Å²) >= 11 is 0. The second kappa shape index (κ2) is 6.69. The van der Waals surface area contributed by atoms with Crippen LogP contribution in [0, 0.1) is 12.7 Å². The number of amides is 1. The normalized spacial score (nSPS) is 14.0. The Balaban J connectivity index is 1.82. The number of carbonyl (C=O) groups excluding carboxylic acids is 1. The molecule has 126 valence electrons. The summed E-state index contributed by atoms with van der Waals surface area (Å²) in [5.41, 5.74) is 4.54. The molecule has 1 aliphatic heterocycles. The fourth-order valence-corrected chi connectivity index (χ4v) is 3.13. The second-order valence-electron chi connectivity index (χ2n) is 6.61. The number of aromatic nitrogens is 1. The van der Waals surface area contributed by atoms with Gasteiger partial charge in [0.15, 0.2) is 0 Å². The maximum Gasteiger partial charge on any atom is 0.254 e. The number of fused-ring (bicyclic) bond motifs is 1. The monoisotopic (exact) mass is 327 g/mol. The Kier molecular flexibility index (Phi) is 4.62. The zero-order valence-electron chi connectivity index (χ0n) is 14.3. The van der Waals surface area contributed by atoms with E-state index in [0.29, 0.717) is 24.2 Å². The van der Waals surface area contributed by atoms with Gasteiger partial charge in [-0.3, -0.25) is 9.78 Å². The van der Waals surface area contributed by atoms with Gasteiger partial charge in [-0.25, -0.2) is 4.39 Å². The summed E-state index contributed by atoms with van der Waals surface area (Å²) in [6, 6.07) is 4.67. The van der Waals surface area contributed by atoms with E-state index in [9.17, 15) is 9.18 Å². The summed E-state index contributed by atoms with van der Waals surface area (Å²) in [6.07, 6.45) is 4.55. The van der Waals surface area contributed by atoms with Crippen LogP contribution < -0.4 is 0 Å². The molecule has 2 aromatic rings. The molecule has 1 aromatic carbocycles. The van der Waals surface area contributed by atoms with Gasteiger partial charge in [0.1, 0.15) is 5.82 Å². The minimum atomic E-state index is -0.340. The highest BCUT2D eigenvalue weighted by Gasteiger charge is 2.24. The van der Waals surface area contributed by atoms with Gasteiger partial charge in [0, 0.05) is 37.6 Å². The molecule has 0 aliphatic carbocycles. The second-order valence-corrected chi connectivity index (χ2v) is 6.61. The van der Waals surface area contributed by atoms with Gasteiger partial charge in [-0.1, -0.05) is 6.07 Å². The van der Waals surface area contributed by atoms with E-state index in [1.165, 1.54) is 17.2 Å². The Morgan fingerprint density at radius 1 is 1.33 bits per heavy atom. The number of benzene rings is 1. The Bertz CT molecular complexity index is 773. The minimum Gasteiger partial charge on any atom is -0.334 e. The van der Waals surface area contributed by atoms with Crippen LogP contribution >= 0.6 is 0 Å². The van der Waals surface area contributed by atoms with Crippen molar-refractivity contribution in [2.24, 2.45) is 0 Å². The van der Waals surface area contributed by atoms with Gasteiger partial charge >= 0.3 is 0 Å². The number of aryl methyl sites for hydroxylation is 1. The SMILES string of the molecule is Cc1ccc(C(=O)N2CCc3c(CN(C)C)cncc3C2)cc1F. The summed E-state index contributed by atoms with van der Waals surface area (Å²) in [7, 11) is 4.06. The topological polar surface area (TPSA) is 36.4 Å². The lowest BCUT2D eigenvalue weighted by molar-refractivity contribution is 0.0733. The molecule has 0 fully saturated rings. The molecule has 0 N–H and O–H groups in total. The molecule has 0 saturated heterocycles. The summed E-state index contributed by atoms with van der Waals surface area (Å²) in [4.78, 5) is 20.9. The molecule has 0 bridgehead atoms. The number of hydrogen-bond acceptors (Lipinski definition) is 3. The highest BCUT2D eigenvalue weighted by molar-refractivity contribution is 5.94. The molecule has 0 radical (unpaired) electrons. The lowest BCUT2D eigenvalue weighted by Gasteiger charge is -2.30. The van der Waals surface area contributed by atoms with Crippen molar-refractivity contribution >= 4 is 5.91 Å². The molecule has 1 aromatic heterocycles. The Labute approximate surface area is 141 Å². The van der Waals surface area contributed by atoms with Crippen molar-refractivity contribution in [1.82, 2.24) is 14.8 Å². The highest BCUT2D eigenvalue weighted by atomic mass is 19.1. The van der Waals surface area contributed by atoms with Crippen LogP contribution in [0.1, 0.15) is 32.6 Å². The van der Waals surface area contributed by atoms with Crippen LogP contribution in [0.4, 0.5) is 4.39 Å². The summed E-state index contributed by atoms with van der Waals surface area (Å²) in [5.74, 6) is -0.467. The number of halogens is 1. The van der Waals surface area contributed by atoms with Crippen LogP contribution in [-0.4, -0.2) is 41.3 Å². The van der Waals surface area contributed by atoms with Crippen molar-refractivity contribution in [2.45, 2.75) is 26.4 Å². The average molecular weight is 327 g/mol. The van der Waals surface area contributed by atoms with Crippen molar-refractivity contribution in [3.8, 4) is 0 Å². The number of pyridine rings is 1. The molecule has 3 rings (SSSR count). The third kappa shape index (κ3) is 3.31. The first-order chi connectivity index (χ1) is 11.5. The molecule has 24 heavy (non-hydrogen) atoms. The molecule has 1 aliphatic rings. The van der Waals surface area contributed by atoms with E-state index in [0.717, 1.165) is 18.5 Å². The fraction of sp³-hybridized carbons (Fsp3) is 0.368. The fourth-order valence-electron chi connectivity index (χ4n) is 3.13. The van der Waals surface area contributed by atoms with Crippen molar-refractivity contribution in [1.29, 1.82) is 0 Å². The molecular formula is C19H22FN3O. The molecular weight excluding hydrogens is 305 g/mol. The van der Waals surface area contributed by atoms with Crippen LogP contribution in [0.3, 0.4) is 0 Å². The van der Waals surface area contributed by atoms with Crippen molar-refractivity contribution in [3.05, 3.63) is 64.2 Å². The quantitative estimate of drug-likeness (QED) is 0.870. The average Bonchev–Trinajstić information content (AvgIpc) is 2.56. The zero-order valence-corrected chi connectivity index (χ0v) is 14.3. The van der Waals surface area contributed by atoms with Gasteiger partial charge in [0.2, 0.25) is 0 Å². The smallest absolute Gasteiger partial charge is 0.254 e. The van der Waals surface area contributed by atoms with Gasteiger partial charge in [-0.2, -0.15) is 0 Å². The van der Waals surface area contributed by atoms with Crippen LogP contribution in [0.5, 0.6) is 0 Å². The Morgan fingerprint density at radius 3 is 2.83 bits per heavy atom. The van der Waals surface area contributed by atoms with Crippen LogP contribution in [0.25, 0.3) is 0 Å². The largest absolute Gasteiger partial charge is 0.334 e. The molecule has 1 amide bonds. The first-order valence-corrected chi connectivity index (χ1v) is 8.10. The standard InChI is InChI=1S/C19H22FN3O/c1-13-4-5-14(8-18(13)20)19(24)23-7-6-17-15(11-22(2)3)9-21-10-16(17)12-23/h4-5,8-10H,6-7,11-12H2,1-3H3. The van der Waals surface area contributed by atoms with Crippen LogP contribution in [0.2, 0.25) is 0 Å². The van der Waals surface area contributed by atoms with Gasteiger partial charge in [-0.15, -0.1) is 0 Å². The zero-order chi connectivity index (χ0) is 17.3. The molecule has 4 nitrogen and oxygen atoms in total. The van der Waals surface area contributed by atoms with E-state index in [2.05, 4.69) is 9.88 Å². The van der Waals surface area contributed by atoms with E-state index < -0.39 is 0 Å². The van der Waals surface area contributed by atoms with Gasteiger partial charge in [0.25, 0.3) is 5.91 Å². The van der Waals surface area contributed by atoms with E-state index in [1.807, 2.05) is 26.5 Å². The molecule has 0 saturated carbocycles. The molecule has 2 heterocycles. The highest BCUT2D eigenvalue weighted by Crippen LogP contribution is 2.24. The van der Waals surface area contributed by atoms with Crippen molar-refractivity contribution in [2.75, 3.05) is 20.6 Å². The summed E-state index contributed by atoms with van der Waals surface area (Å²) in [6.45, 7) is 3.70. The lowest BCUT2D eigenvalue weighted by atomic mass is 9.96. The van der Waals surface area contributed by atoms with E-state index >= 15 is 0 Å². The third-order valence-corrected chi connectivity index (χ3v) is 4.42. The number of carbonyl (C=O) groups is 1. The van der Waals surface area contributed by atoms with E-state index in [1.54, 1.807) is 24.0 Å². The molecule has 0 unspecified atom stereocenters. The Morgan fingerprint density at radius 2 is 2.12 bits per heavy atom. The van der Waals surface area contributed by atoms with Gasteiger partial charge < -0.3 is 9.80 Å². The number of nitrogens with zero attached hydrogens (tertiary/aromatic N) is 3. The van der Waals surface area contributed by atoms with Crippen LogP contribution in [-0.2, 0) is 19.5 Å². The van der Waals surface area contributed by atoms with Crippen LogP contribution in [0.15, 0.2) is 30.6 Å². The van der Waals surface area contributed by atoms with E-state index in [-0.39, 0.29) is 11.7 Å². The number of rotatable bonds is 3. The van der Waals surface area contributed by atoms with Gasteiger partial charge in [0.05, 0.1) is 0 Å². The maximum atomic E-state index is 13.7. The predicted molar refractivity (Wildman–Crippen MR) is 91.2 cm³/mol. The van der Waals surface area contributed by atoms with Crippen molar-refractivity contribution in [3.63, 3.8) is 0 Å². The predicted octanol–water partition coefficient (Wildman–Crippen LogP) is 2.79. The molecule has 5 heteroatoms. The molecule has 0 spiro atoms. The number of hydrogen-bond donors (Lipinski definition) is 0. The Hall–Kier alpha value is -2.27. The summed E-state index contributed by atoms with van der Waals surface area (Å²) in [5, 5.41) is 0. The molecule has 0 atom stereocenters. The van der Waals surface area contributed by atoms with Crippen molar-refractivity contribution < 1.29 is 9.18 Å². The lowest BCUT2D eigenvalue weighted by Crippen LogP contribution is -2.36. The third-order valence-electron chi connectivity index (χ3n) is 4.42. The first-order valence-electron chi connectivity index (χ1n) is 8.10. The summed E-state index contributed by atoms with van der Waals surface area (Å²) < 4.78 is 13.7. The maximum absolute atomic E-state index is 13.7.